The van der Waals surface area contributed by atoms with Gasteiger partial charge in [0.15, 0.2) is 0 Å². The fourth-order valence-corrected chi connectivity index (χ4v) is 0.118. The predicted molar refractivity (Wildman–Crippen MR) is 21.9 cm³/mol. The Bertz CT molecular complexity index is 89.2. The normalized spacial score (nSPS) is 5.60. The molecular weight excluding hydrogens is 191 g/mol. The van der Waals surface area contributed by atoms with Crippen LogP contribution in [-0.2, 0) is 26.1 Å². The molecule has 0 aromatic rings. The van der Waals surface area contributed by atoms with Gasteiger partial charge < -0.3 is 30.8 Å². The first-order valence-corrected chi connectivity index (χ1v) is 1.52. The minimum Gasteiger partial charge on any atom is -0.550 e. The molecule has 0 heterocycles. The Labute approximate surface area is 66.4 Å². The molecule has 10 heavy (non-hydrogen) atoms. The van der Waals surface area contributed by atoms with Crippen molar-refractivity contribution in [3.8, 4) is 0 Å². The average Bonchev–Trinajstić information content (AvgIpc) is 1.27. The maximum Gasteiger partial charge on any atom is 2.00 e. The first-order chi connectivity index (χ1) is 3.13. The van der Waals surface area contributed by atoms with E-state index in [-0.39, 0.29) is 27.4 Å². The summed E-state index contributed by atoms with van der Waals surface area (Å²) in [5, 5.41) is 18.6. The molecule has 0 aliphatic heterocycles. The summed E-state index contributed by atoms with van der Waals surface area (Å²) in [6.07, 6.45) is -1.03. The molecule has 0 unspecified atom stereocenters. The van der Waals surface area contributed by atoms with Crippen molar-refractivity contribution in [2.75, 3.05) is 0 Å². The van der Waals surface area contributed by atoms with Crippen LogP contribution in [0.2, 0.25) is 0 Å². The second kappa shape index (κ2) is 11.2. The number of carbonyl (C=O) groups excluding carboxylic acids is 2. The van der Waals surface area contributed by atoms with Crippen LogP contribution >= 0.6 is 0 Å². The summed E-state index contributed by atoms with van der Waals surface area (Å²) in [5.74, 6) is -3.25. The first kappa shape index (κ1) is 22.8. The van der Waals surface area contributed by atoms with E-state index in [0.717, 1.165) is 0 Å². The molecule has 0 radical (unpaired) electrons. The SMILES string of the molecule is O.O.O=C([O-])CC(=O)[O-].[Ni+2]. The Morgan fingerprint density at radius 3 is 1.20 bits per heavy atom. The van der Waals surface area contributed by atoms with E-state index in [1.165, 1.54) is 0 Å². The van der Waals surface area contributed by atoms with Crippen LogP contribution in [0.3, 0.4) is 0 Å². The van der Waals surface area contributed by atoms with Gasteiger partial charge in [0.1, 0.15) is 0 Å². The Balaban J connectivity index is -0.0000000600. The molecule has 4 N–H and O–H groups in total. The summed E-state index contributed by atoms with van der Waals surface area (Å²) >= 11 is 0. The monoisotopic (exact) mass is 196 g/mol. The molecule has 0 aliphatic rings. The molecule has 0 spiro atoms. The number of hydrogen-bond acceptors (Lipinski definition) is 4. The number of aliphatic carboxylic acids is 2. The molecule has 64 valence electrons. The molecule has 0 amide bonds. The summed E-state index contributed by atoms with van der Waals surface area (Å²) < 4.78 is 0. The smallest absolute Gasteiger partial charge is 0.550 e. The van der Waals surface area contributed by atoms with Crippen molar-refractivity contribution in [2.45, 2.75) is 6.42 Å². The van der Waals surface area contributed by atoms with E-state index in [1.807, 2.05) is 0 Å². The molecule has 0 saturated heterocycles. The molecule has 0 aromatic heterocycles. The van der Waals surface area contributed by atoms with Crippen LogP contribution in [0.4, 0.5) is 0 Å². The van der Waals surface area contributed by atoms with Crippen LogP contribution < -0.4 is 10.2 Å². The second-order valence-corrected chi connectivity index (χ2v) is 0.921. The Morgan fingerprint density at radius 1 is 1.00 bits per heavy atom. The van der Waals surface area contributed by atoms with Crippen LogP contribution in [0.5, 0.6) is 0 Å². The van der Waals surface area contributed by atoms with Gasteiger partial charge in [-0.1, -0.05) is 0 Å². The molecule has 0 aliphatic carbocycles. The zero-order valence-corrected chi connectivity index (χ0v) is 5.64. The van der Waals surface area contributed by atoms with Crippen molar-refractivity contribution < 1.29 is 47.2 Å². The summed E-state index contributed by atoms with van der Waals surface area (Å²) in [7, 11) is 0. The third-order valence-corrected chi connectivity index (χ3v) is 0.289. The Hall–Kier alpha value is -0.646. The number of hydrogen-bond donors (Lipinski definition) is 0. The predicted octanol–water partition coefficient (Wildman–Crippen LogP) is -4.78. The van der Waals surface area contributed by atoms with E-state index < -0.39 is 18.4 Å². The summed E-state index contributed by atoms with van der Waals surface area (Å²) in [6, 6.07) is 0. The van der Waals surface area contributed by atoms with Crippen LogP contribution in [-0.4, -0.2) is 22.9 Å². The Morgan fingerprint density at radius 2 is 1.20 bits per heavy atom. The van der Waals surface area contributed by atoms with Gasteiger partial charge >= 0.3 is 16.5 Å². The Kier molecular flexibility index (Phi) is 25.5. The van der Waals surface area contributed by atoms with E-state index in [1.54, 1.807) is 0 Å². The minimum atomic E-state index is -1.63. The van der Waals surface area contributed by atoms with E-state index in [4.69, 9.17) is 0 Å². The molecular formula is C3H6NiO6. The van der Waals surface area contributed by atoms with Gasteiger partial charge in [0.25, 0.3) is 0 Å². The third kappa shape index (κ3) is 26.4. The van der Waals surface area contributed by atoms with Gasteiger partial charge in [0, 0.05) is 18.4 Å². The first-order valence-electron chi connectivity index (χ1n) is 1.52. The van der Waals surface area contributed by atoms with Crippen LogP contribution in [0.25, 0.3) is 0 Å². The topological polar surface area (TPSA) is 143 Å². The number of carbonyl (C=O) groups is 2. The molecule has 0 saturated carbocycles. The zero-order chi connectivity index (χ0) is 5.86. The minimum absolute atomic E-state index is 0. The molecule has 0 aromatic carbocycles. The quantitative estimate of drug-likeness (QED) is 0.323. The van der Waals surface area contributed by atoms with Crippen molar-refractivity contribution >= 4 is 11.9 Å². The van der Waals surface area contributed by atoms with Crippen molar-refractivity contribution in [3.05, 3.63) is 0 Å². The van der Waals surface area contributed by atoms with Gasteiger partial charge in [0.05, 0.1) is 0 Å². The van der Waals surface area contributed by atoms with Gasteiger partial charge in [-0.25, -0.2) is 0 Å². The van der Waals surface area contributed by atoms with E-state index in [0.29, 0.717) is 0 Å². The fourth-order valence-electron chi connectivity index (χ4n) is 0.118. The maximum atomic E-state index is 9.28. The standard InChI is InChI=1S/C3H4O4.Ni.2H2O/c4-2(5)1-3(6)7;;;/h1H2,(H,4,5)(H,6,7);;2*1H2/q;+2;;/p-2. The number of carboxylic acid groups (broad SMARTS) is 2. The molecule has 0 fully saturated rings. The van der Waals surface area contributed by atoms with Gasteiger partial charge in [0.2, 0.25) is 0 Å². The number of carboxylic acids is 2. The van der Waals surface area contributed by atoms with Crippen molar-refractivity contribution in [3.63, 3.8) is 0 Å². The van der Waals surface area contributed by atoms with Gasteiger partial charge in [-0.2, -0.15) is 0 Å². The second-order valence-electron chi connectivity index (χ2n) is 0.921. The van der Waals surface area contributed by atoms with Crippen LogP contribution in [0, 0.1) is 0 Å². The largest absolute Gasteiger partial charge is 2.00 e. The van der Waals surface area contributed by atoms with E-state index in [9.17, 15) is 19.8 Å². The summed E-state index contributed by atoms with van der Waals surface area (Å²) in [4.78, 5) is 18.6. The number of rotatable bonds is 2. The molecule has 6 nitrogen and oxygen atoms in total. The van der Waals surface area contributed by atoms with Crippen LogP contribution in [0.15, 0.2) is 0 Å². The molecule has 0 rings (SSSR count). The van der Waals surface area contributed by atoms with E-state index >= 15 is 0 Å². The third-order valence-electron chi connectivity index (χ3n) is 0.289. The van der Waals surface area contributed by atoms with Crippen molar-refractivity contribution in [1.29, 1.82) is 0 Å². The fraction of sp³-hybridized carbons (Fsp3) is 0.333. The average molecular weight is 197 g/mol. The molecule has 0 bridgehead atoms. The van der Waals surface area contributed by atoms with Gasteiger partial charge in [-0.15, -0.1) is 0 Å². The molecule has 0 atom stereocenters. The summed E-state index contributed by atoms with van der Waals surface area (Å²) in [5.41, 5.74) is 0. The van der Waals surface area contributed by atoms with Crippen molar-refractivity contribution in [1.82, 2.24) is 0 Å². The summed E-state index contributed by atoms with van der Waals surface area (Å²) in [6.45, 7) is 0. The maximum absolute atomic E-state index is 9.28. The van der Waals surface area contributed by atoms with Crippen molar-refractivity contribution in [2.24, 2.45) is 0 Å². The zero-order valence-electron chi connectivity index (χ0n) is 4.66. The van der Waals surface area contributed by atoms with Gasteiger partial charge in [-0.05, 0) is 0 Å². The molecule has 7 heteroatoms. The van der Waals surface area contributed by atoms with Crippen LogP contribution in [0.1, 0.15) is 6.42 Å². The van der Waals surface area contributed by atoms with E-state index in [2.05, 4.69) is 0 Å². The van der Waals surface area contributed by atoms with Gasteiger partial charge in [-0.3, -0.25) is 0 Å².